The van der Waals surface area contributed by atoms with Crippen molar-refractivity contribution in [1.82, 2.24) is 5.32 Å². The number of aliphatic hydroxyl groups excluding tert-OH is 1. The van der Waals surface area contributed by atoms with E-state index in [0.29, 0.717) is 6.04 Å². The highest BCUT2D eigenvalue weighted by Gasteiger charge is 2.12. The first-order chi connectivity index (χ1) is 7.04. The van der Waals surface area contributed by atoms with Crippen LogP contribution < -0.4 is 5.32 Å². The summed E-state index contributed by atoms with van der Waals surface area (Å²) in [7, 11) is 0. The Balaban J connectivity index is 2.87. The maximum absolute atomic E-state index is 9.30. The highest BCUT2D eigenvalue weighted by atomic mass is 79.9. The van der Waals surface area contributed by atoms with Crippen molar-refractivity contribution in [2.45, 2.75) is 25.9 Å². The van der Waals surface area contributed by atoms with Crippen molar-refractivity contribution >= 4 is 31.9 Å². The molecule has 0 bridgehead atoms. The summed E-state index contributed by atoms with van der Waals surface area (Å²) in [4.78, 5) is 0. The molecule has 2 nitrogen and oxygen atoms in total. The molecule has 0 aromatic heterocycles. The van der Waals surface area contributed by atoms with Gasteiger partial charge < -0.3 is 10.4 Å². The number of halogens is 2. The lowest BCUT2D eigenvalue weighted by Gasteiger charge is -2.19. The summed E-state index contributed by atoms with van der Waals surface area (Å²) in [6.07, 6.45) is 0. The topological polar surface area (TPSA) is 32.3 Å². The fraction of sp³-hybridized carbons (Fsp3) is 0.455. The maximum atomic E-state index is 9.30. The molecular weight excluding hydrogens is 322 g/mol. The number of hydrogen-bond donors (Lipinski definition) is 2. The molecule has 0 fully saturated rings. The third-order valence-electron chi connectivity index (χ3n) is 2.06. The molecule has 1 aromatic rings. The van der Waals surface area contributed by atoms with E-state index in [-0.39, 0.29) is 12.6 Å². The van der Waals surface area contributed by atoms with Gasteiger partial charge in [0.2, 0.25) is 0 Å². The number of aliphatic hydroxyl groups is 1. The van der Waals surface area contributed by atoms with E-state index in [0.717, 1.165) is 14.5 Å². The summed E-state index contributed by atoms with van der Waals surface area (Å²) in [5.41, 5.74) is 1.08. The maximum Gasteiger partial charge on any atom is 0.0626 e. The van der Waals surface area contributed by atoms with Crippen LogP contribution in [-0.4, -0.2) is 17.8 Å². The quantitative estimate of drug-likeness (QED) is 0.884. The molecule has 0 radical (unpaired) electrons. The Kier molecular flexibility index (Phi) is 5.26. The molecule has 4 heteroatoms. The lowest BCUT2D eigenvalue weighted by Crippen LogP contribution is -2.30. The Bertz CT molecular complexity index is 328. The van der Waals surface area contributed by atoms with E-state index in [2.05, 4.69) is 51.0 Å². The monoisotopic (exact) mass is 335 g/mol. The van der Waals surface area contributed by atoms with Crippen LogP contribution >= 0.6 is 31.9 Å². The SMILES string of the molecule is CC(C)NC(CO)c1ccc(Br)c(Br)c1. The Morgan fingerprint density at radius 2 is 1.93 bits per heavy atom. The van der Waals surface area contributed by atoms with Crippen molar-refractivity contribution in [3.05, 3.63) is 32.7 Å². The summed E-state index contributed by atoms with van der Waals surface area (Å²) in [5, 5.41) is 12.6. The normalized spacial score (nSPS) is 13.2. The number of benzene rings is 1. The van der Waals surface area contributed by atoms with Crippen LogP contribution in [0.2, 0.25) is 0 Å². The highest BCUT2D eigenvalue weighted by Crippen LogP contribution is 2.26. The lowest BCUT2D eigenvalue weighted by molar-refractivity contribution is 0.237. The third kappa shape index (κ3) is 3.87. The molecule has 0 aliphatic rings. The number of rotatable bonds is 4. The molecule has 84 valence electrons. The Hall–Kier alpha value is 0.1000. The molecule has 1 unspecified atom stereocenters. The molecule has 0 spiro atoms. The second-order valence-electron chi connectivity index (χ2n) is 3.73. The van der Waals surface area contributed by atoms with Gasteiger partial charge in [0.1, 0.15) is 0 Å². The first kappa shape index (κ1) is 13.2. The summed E-state index contributed by atoms with van der Waals surface area (Å²) in [6.45, 7) is 4.24. The van der Waals surface area contributed by atoms with Crippen LogP contribution in [0.15, 0.2) is 27.1 Å². The summed E-state index contributed by atoms with van der Waals surface area (Å²) < 4.78 is 2.02. The van der Waals surface area contributed by atoms with Gasteiger partial charge in [0.05, 0.1) is 12.6 Å². The van der Waals surface area contributed by atoms with Crippen LogP contribution in [0.3, 0.4) is 0 Å². The zero-order chi connectivity index (χ0) is 11.4. The van der Waals surface area contributed by atoms with E-state index in [4.69, 9.17) is 0 Å². The largest absolute Gasteiger partial charge is 0.394 e. The van der Waals surface area contributed by atoms with Crippen LogP contribution in [0.1, 0.15) is 25.5 Å². The van der Waals surface area contributed by atoms with E-state index in [1.54, 1.807) is 0 Å². The van der Waals surface area contributed by atoms with E-state index in [1.165, 1.54) is 0 Å². The van der Waals surface area contributed by atoms with Crippen LogP contribution in [0, 0.1) is 0 Å². The summed E-state index contributed by atoms with van der Waals surface area (Å²) in [6, 6.07) is 6.34. The first-order valence-electron chi connectivity index (χ1n) is 4.86. The van der Waals surface area contributed by atoms with Crippen molar-refractivity contribution < 1.29 is 5.11 Å². The lowest BCUT2D eigenvalue weighted by atomic mass is 10.1. The smallest absolute Gasteiger partial charge is 0.0626 e. The number of hydrogen-bond acceptors (Lipinski definition) is 2. The minimum Gasteiger partial charge on any atom is -0.394 e. The molecule has 0 saturated carbocycles. The molecule has 1 aromatic carbocycles. The van der Waals surface area contributed by atoms with Crippen LogP contribution in [0.25, 0.3) is 0 Å². The first-order valence-corrected chi connectivity index (χ1v) is 6.45. The van der Waals surface area contributed by atoms with Crippen molar-refractivity contribution in [1.29, 1.82) is 0 Å². The minimum atomic E-state index is -0.00519. The Morgan fingerprint density at radius 1 is 1.27 bits per heavy atom. The van der Waals surface area contributed by atoms with Crippen LogP contribution in [0.5, 0.6) is 0 Å². The molecule has 0 heterocycles. The van der Waals surface area contributed by atoms with Crippen molar-refractivity contribution in [3.63, 3.8) is 0 Å². The average molecular weight is 337 g/mol. The second-order valence-corrected chi connectivity index (χ2v) is 5.44. The predicted molar refractivity (Wildman–Crippen MR) is 69.9 cm³/mol. The summed E-state index contributed by atoms with van der Waals surface area (Å²) >= 11 is 6.87. The van der Waals surface area contributed by atoms with Crippen molar-refractivity contribution in [2.75, 3.05) is 6.61 Å². The second kappa shape index (κ2) is 5.99. The van der Waals surface area contributed by atoms with Gasteiger partial charge in [-0.1, -0.05) is 19.9 Å². The molecule has 0 amide bonds. The van der Waals surface area contributed by atoms with E-state index in [1.807, 2.05) is 18.2 Å². The van der Waals surface area contributed by atoms with Crippen molar-refractivity contribution in [2.24, 2.45) is 0 Å². The zero-order valence-corrected chi connectivity index (χ0v) is 12.0. The fourth-order valence-electron chi connectivity index (χ4n) is 1.39. The van der Waals surface area contributed by atoms with Crippen LogP contribution in [0.4, 0.5) is 0 Å². The van der Waals surface area contributed by atoms with Crippen molar-refractivity contribution in [3.8, 4) is 0 Å². The average Bonchev–Trinajstić information content (AvgIpc) is 2.18. The van der Waals surface area contributed by atoms with Crippen LogP contribution in [-0.2, 0) is 0 Å². The van der Waals surface area contributed by atoms with E-state index >= 15 is 0 Å². The van der Waals surface area contributed by atoms with Gasteiger partial charge in [0.15, 0.2) is 0 Å². The molecule has 0 aliphatic carbocycles. The van der Waals surface area contributed by atoms with Gasteiger partial charge in [-0.3, -0.25) is 0 Å². The highest BCUT2D eigenvalue weighted by molar-refractivity contribution is 9.13. The third-order valence-corrected chi connectivity index (χ3v) is 3.94. The predicted octanol–water partition coefficient (Wildman–Crippen LogP) is 3.24. The van der Waals surface area contributed by atoms with Gasteiger partial charge >= 0.3 is 0 Å². The van der Waals surface area contributed by atoms with Gasteiger partial charge in [-0.2, -0.15) is 0 Å². The molecule has 1 atom stereocenters. The van der Waals surface area contributed by atoms with Gasteiger partial charge in [-0.05, 0) is 49.6 Å². The Labute approximate surface area is 107 Å². The molecule has 0 saturated heterocycles. The molecule has 1 rings (SSSR count). The van der Waals surface area contributed by atoms with E-state index in [9.17, 15) is 5.11 Å². The zero-order valence-electron chi connectivity index (χ0n) is 8.80. The molecule has 15 heavy (non-hydrogen) atoms. The minimum absolute atomic E-state index is 0.00519. The Morgan fingerprint density at radius 3 is 2.40 bits per heavy atom. The summed E-state index contributed by atoms with van der Waals surface area (Å²) in [5.74, 6) is 0. The van der Waals surface area contributed by atoms with E-state index < -0.39 is 0 Å². The standard InChI is InChI=1S/C11H15Br2NO/c1-7(2)14-11(6-15)8-3-4-9(12)10(13)5-8/h3-5,7,11,14-15H,6H2,1-2H3. The molecule has 0 aliphatic heterocycles. The van der Waals surface area contributed by atoms with Gasteiger partial charge in [0, 0.05) is 15.0 Å². The molecular formula is C11H15Br2NO. The van der Waals surface area contributed by atoms with Gasteiger partial charge in [-0.15, -0.1) is 0 Å². The fourth-order valence-corrected chi connectivity index (χ4v) is 2.03. The molecule has 2 N–H and O–H groups in total. The van der Waals surface area contributed by atoms with Gasteiger partial charge in [0.25, 0.3) is 0 Å². The number of nitrogens with one attached hydrogen (secondary N) is 1. The van der Waals surface area contributed by atoms with Gasteiger partial charge in [-0.25, -0.2) is 0 Å².